The molecule has 2 unspecified atom stereocenters. The van der Waals surface area contributed by atoms with Crippen LogP contribution in [0.15, 0.2) is 49.1 Å². The van der Waals surface area contributed by atoms with E-state index in [2.05, 4.69) is 29.9 Å². The van der Waals surface area contributed by atoms with Gasteiger partial charge in [0.2, 0.25) is 16.0 Å². The molecule has 0 aliphatic heterocycles. The molecule has 4 rings (SSSR count). The van der Waals surface area contributed by atoms with Gasteiger partial charge in [-0.2, -0.15) is 0 Å². The van der Waals surface area contributed by atoms with E-state index in [1.54, 1.807) is 61.4 Å². The summed E-state index contributed by atoms with van der Waals surface area (Å²) in [6.07, 6.45) is 6.56. The van der Waals surface area contributed by atoms with Crippen molar-refractivity contribution in [3.05, 3.63) is 66.0 Å². The molecule has 0 aliphatic carbocycles. The third-order valence-corrected chi connectivity index (χ3v) is 7.97. The molecule has 1 N–H and O–H groups in total. The third-order valence-electron chi connectivity index (χ3n) is 6.12. The Morgan fingerprint density at radius 2 is 1.65 bits per heavy atom. The fourth-order valence-electron chi connectivity index (χ4n) is 3.85. The molecule has 3 heterocycles. The monoisotopic (exact) mass is 523 g/mol. The van der Waals surface area contributed by atoms with E-state index in [9.17, 15) is 8.42 Å². The molecule has 0 aliphatic rings. The van der Waals surface area contributed by atoms with Crippen LogP contribution in [-0.2, 0) is 10.0 Å². The predicted octanol–water partition coefficient (Wildman–Crippen LogP) is 3.69. The van der Waals surface area contributed by atoms with Gasteiger partial charge in [-0.05, 0) is 44.5 Å². The van der Waals surface area contributed by atoms with Crippen molar-refractivity contribution in [1.82, 2.24) is 29.7 Å². The van der Waals surface area contributed by atoms with Gasteiger partial charge in [0.05, 0.1) is 30.9 Å². The minimum absolute atomic E-state index is 0.0200. The van der Waals surface area contributed by atoms with Crippen molar-refractivity contribution in [1.29, 1.82) is 0 Å². The summed E-state index contributed by atoms with van der Waals surface area (Å²) in [6, 6.07) is 7.15. The second-order valence-corrected chi connectivity index (χ2v) is 10.7. The number of anilines is 1. The molecule has 0 saturated heterocycles. The van der Waals surface area contributed by atoms with Crippen LogP contribution in [0, 0.1) is 13.8 Å². The molecule has 0 bridgehead atoms. The molecule has 11 nitrogen and oxygen atoms in total. The zero-order valence-electron chi connectivity index (χ0n) is 21.5. The zero-order valence-corrected chi connectivity index (χ0v) is 22.3. The highest BCUT2D eigenvalue weighted by molar-refractivity contribution is 7.93. The number of benzene rings is 1. The number of rotatable bonds is 9. The van der Waals surface area contributed by atoms with Crippen LogP contribution in [-0.4, -0.2) is 57.6 Å². The van der Waals surface area contributed by atoms with Crippen LogP contribution in [0.1, 0.15) is 36.7 Å². The number of aryl methyl sites for hydroxylation is 2. The Morgan fingerprint density at radius 3 is 2.24 bits per heavy atom. The van der Waals surface area contributed by atoms with Crippen molar-refractivity contribution >= 4 is 16.0 Å². The Labute approximate surface area is 216 Å². The molecule has 0 amide bonds. The number of hydrogen-bond acceptors (Lipinski definition) is 9. The van der Waals surface area contributed by atoms with Crippen molar-refractivity contribution in [2.75, 3.05) is 18.9 Å². The van der Waals surface area contributed by atoms with E-state index in [0.29, 0.717) is 34.3 Å². The molecule has 0 saturated carbocycles. The number of sulfonamides is 1. The highest BCUT2D eigenvalue weighted by Gasteiger charge is 2.32. The summed E-state index contributed by atoms with van der Waals surface area (Å²) in [7, 11) is -0.915. The second kappa shape index (κ2) is 10.5. The Hall–Kier alpha value is -4.06. The predicted molar refractivity (Wildman–Crippen MR) is 140 cm³/mol. The number of hydrogen-bond donors (Lipinski definition) is 1. The van der Waals surface area contributed by atoms with Crippen molar-refractivity contribution in [2.45, 2.75) is 38.9 Å². The highest BCUT2D eigenvalue weighted by atomic mass is 32.2. The minimum Gasteiger partial charge on any atom is -0.494 e. The van der Waals surface area contributed by atoms with Crippen molar-refractivity contribution < 1.29 is 17.9 Å². The molecular formula is C25H29N7O4S. The first-order valence-corrected chi connectivity index (χ1v) is 13.1. The van der Waals surface area contributed by atoms with Gasteiger partial charge in [0.1, 0.15) is 17.2 Å². The van der Waals surface area contributed by atoms with E-state index < -0.39 is 21.2 Å². The van der Waals surface area contributed by atoms with Gasteiger partial charge in [-0.25, -0.2) is 8.42 Å². The van der Waals surface area contributed by atoms with Crippen LogP contribution in [0.2, 0.25) is 0 Å². The zero-order chi connectivity index (χ0) is 26.7. The molecule has 0 spiro atoms. The normalized spacial score (nSPS) is 13.1. The quantitative estimate of drug-likeness (QED) is 0.348. The lowest BCUT2D eigenvalue weighted by Crippen LogP contribution is -2.31. The number of methoxy groups -OCH3 is 2. The first kappa shape index (κ1) is 26.0. The standard InChI is InChI=1S/C25H29N7O4S/c1-15-10-19(13-26-11-15)24-29-30-25(32(24)23-21(35-5)8-7-9-22(23)36-6)31-37(33,34)18(4)17(3)20-14-27-16(2)12-28-20/h7-14,17-18H,1-6H3,(H,30,31). The maximum atomic E-state index is 13.6. The second-order valence-electron chi connectivity index (χ2n) is 8.67. The van der Waals surface area contributed by atoms with Gasteiger partial charge in [0.15, 0.2) is 5.82 Å². The molecule has 12 heteroatoms. The number of nitrogens with one attached hydrogen (secondary N) is 1. The van der Waals surface area contributed by atoms with Gasteiger partial charge < -0.3 is 9.47 Å². The van der Waals surface area contributed by atoms with Crippen LogP contribution in [0.5, 0.6) is 11.5 Å². The maximum absolute atomic E-state index is 13.6. The van der Waals surface area contributed by atoms with Crippen LogP contribution in [0.3, 0.4) is 0 Å². The SMILES string of the molecule is COc1cccc(OC)c1-n1c(NS(=O)(=O)C(C)C(C)c2cnc(C)cn2)nnc1-c1cncc(C)c1. The highest BCUT2D eigenvalue weighted by Crippen LogP contribution is 2.38. The smallest absolute Gasteiger partial charge is 0.243 e. The molecule has 0 radical (unpaired) electrons. The Kier molecular flexibility index (Phi) is 7.39. The molecule has 3 aromatic heterocycles. The van der Waals surface area contributed by atoms with Crippen LogP contribution < -0.4 is 14.2 Å². The van der Waals surface area contributed by atoms with Crippen molar-refractivity contribution in [3.63, 3.8) is 0 Å². The Morgan fingerprint density at radius 1 is 0.946 bits per heavy atom. The topological polar surface area (TPSA) is 134 Å². The van der Waals surface area contributed by atoms with Gasteiger partial charge in [0.25, 0.3) is 0 Å². The van der Waals surface area contributed by atoms with E-state index in [1.165, 1.54) is 14.2 Å². The largest absolute Gasteiger partial charge is 0.494 e. The molecule has 37 heavy (non-hydrogen) atoms. The molecule has 4 aromatic rings. The third kappa shape index (κ3) is 5.24. The van der Waals surface area contributed by atoms with Gasteiger partial charge in [0, 0.05) is 36.3 Å². The van der Waals surface area contributed by atoms with Crippen molar-refractivity contribution in [3.8, 4) is 28.6 Å². The van der Waals surface area contributed by atoms with Crippen molar-refractivity contribution in [2.24, 2.45) is 0 Å². The number of nitrogens with zero attached hydrogens (tertiary/aromatic N) is 6. The van der Waals surface area contributed by atoms with Crippen LogP contribution >= 0.6 is 0 Å². The molecular weight excluding hydrogens is 494 g/mol. The van der Waals surface area contributed by atoms with E-state index >= 15 is 0 Å². The Bertz CT molecular complexity index is 1480. The molecule has 194 valence electrons. The number of para-hydroxylation sites is 1. The van der Waals surface area contributed by atoms with Crippen LogP contribution in [0.25, 0.3) is 17.1 Å². The van der Waals surface area contributed by atoms with Gasteiger partial charge in [-0.15, -0.1) is 10.2 Å². The number of ether oxygens (including phenoxy) is 2. The van der Waals surface area contributed by atoms with E-state index in [1.807, 2.05) is 19.9 Å². The maximum Gasteiger partial charge on any atom is 0.243 e. The van der Waals surface area contributed by atoms with Gasteiger partial charge >= 0.3 is 0 Å². The lowest BCUT2D eigenvalue weighted by atomic mass is 10.1. The molecule has 2 atom stereocenters. The fraction of sp³-hybridized carbons (Fsp3) is 0.320. The average molecular weight is 524 g/mol. The van der Waals surface area contributed by atoms with E-state index in [-0.39, 0.29) is 5.95 Å². The lowest BCUT2D eigenvalue weighted by molar-refractivity contribution is 0.391. The summed E-state index contributed by atoms with van der Waals surface area (Å²) in [6.45, 7) is 7.14. The molecule has 0 fully saturated rings. The summed E-state index contributed by atoms with van der Waals surface area (Å²) in [5, 5.41) is 7.68. The Balaban J connectivity index is 1.83. The lowest BCUT2D eigenvalue weighted by Gasteiger charge is -2.21. The van der Waals surface area contributed by atoms with E-state index in [0.717, 1.165) is 11.3 Å². The first-order chi connectivity index (χ1) is 17.7. The minimum atomic E-state index is -3.96. The molecule has 1 aromatic carbocycles. The van der Waals surface area contributed by atoms with E-state index in [4.69, 9.17) is 9.47 Å². The fourth-order valence-corrected chi connectivity index (χ4v) is 5.09. The summed E-state index contributed by atoms with van der Waals surface area (Å²) in [4.78, 5) is 12.9. The van der Waals surface area contributed by atoms with Gasteiger partial charge in [-0.3, -0.25) is 24.2 Å². The average Bonchev–Trinajstić information content (AvgIpc) is 3.29. The summed E-state index contributed by atoms with van der Waals surface area (Å²) < 4.78 is 42.5. The van der Waals surface area contributed by atoms with Gasteiger partial charge in [-0.1, -0.05) is 13.0 Å². The summed E-state index contributed by atoms with van der Waals surface area (Å²) in [5.41, 5.74) is 3.31. The van der Waals surface area contributed by atoms with Crippen LogP contribution in [0.4, 0.5) is 5.95 Å². The number of pyridine rings is 1. The first-order valence-electron chi connectivity index (χ1n) is 11.5. The summed E-state index contributed by atoms with van der Waals surface area (Å²) in [5.74, 6) is 0.786. The summed E-state index contributed by atoms with van der Waals surface area (Å²) >= 11 is 0. The number of aromatic nitrogens is 6.